The summed E-state index contributed by atoms with van der Waals surface area (Å²) >= 11 is 0. The van der Waals surface area contributed by atoms with E-state index in [1.165, 1.54) is 43.6 Å². The molecule has 1 fully saturated rings. The van der Waals surface area contributed by atoms with Gasteiger partial charge in [-0.1, -0.05) is 18.7 Å². The Balaban J connectivity index is 1.72. The van der Waals surface area contributed by atoms with E-state index in [4.69, 9.17) is 0 Å². The average Bonchev–Trinajstić information content (AvgIpc) is 2.47. The number of rotatable bonds is 7. The highest BCUT2D eigenvalue weighted by Gasteiger charge is 2.10. The molecule has 1 saturated heterocycles. The zero-order valence-corrected chi connectivity index (χ0v) is 13.5. The summed E-state index contributed by atoms with van der Waals surface area (Å²) in [6, 6.07) is 8.70. The Morgan fingerprint density at radius 2 is 1.81 bits per heavy atom. The number of nitrogens with two attached hydrogens (primary N) is 1. The fourth-order valence-corrected chi connectivity index (χ4v) is 3.01. The Morgan fingerprint density at radius 1 is 1.14 bits per heavy atom. The van der Waals surface area contributed by atoms with E-state index in [1.807, 2.05) is 0 Å². The van der Waals surface area contributed by atoms with Crippen molar-refractivity contribution in [1.82, 2.24) is 0 Å². The third-order valence-electron chi connectivity index (χ3n) is 3.70. The molecule has 0 aromatic heterocycles. The van der Waals surface area contributed by atoms with Crippen LogP contribution in [0.15, 0.2) is 24.3 Å². The highest BCUT2D eigenvalue weighted by Crippen LogP contribution is 2.19. The molecule has 2 N–H and O–H groups in total. The summed E-state index contributed by atoms with van der Waals surface area (Å²) in [5.74, 6) is 0. The molecule has 0 radical (unpaired) electrons. The molecule has 0 amide bonds. The maximum atomic E-state index is 10.9. The summed E-state index contributed by atoms with van der Waals surface area (Å²) in [5.41, 5.74) is 2.57. The molecule has 1 heterocycles. The summed E-state index contributed by atoms with van der Waals surface area (Å²) in [6.07, 6.45) is 5.06. The van der Waals surface area contributed by atoms with Crippen LogP contribution in [0.4, 0.5) is 5.69 Å². The summed E-state index contributed by atoms with van der Waals surface area (Å²) in [6.45, 7) is 4.24. The molecule has 1 aromatic rings. The zero-order valence-electron chi connectivity index (χ0n) is 12.7. The lowest BCUT2D eigenvalue weighted by Crippen LogP contribution is -2.83. The van der Waals surface area contributed by atoms with E-state index in [1.54, 1.807) is 0 Å². The van der Waals surface area contributed by atoms with Gasteiger partial charge in [0.15, 0.2) is 0 Å². The monoisotopic (exact) mass is 311 g/mol. The lowest BCUT2D eigenvalue weighted by molar-refractivity contribution is -0.667. The number of hydrogen-bond acceptors (Lipinski definition) is 3. The Morgan fingerprint density at radius 3 is 2.43 bits per heavy atom. The van der Waals surface area contributed by atoms with E-state index in [0.29, 0.717) is 13.1 Å². The third kappa shape index (κ3) is 6.03. The van der Waals surface area contributed by atoms with Crippen LogP contribution in [0.25, 0.3) is 4.72 Å². The van der Waals surface area contributed by atoms with E-state index in [9.17, 15) is 8.42 Å². The van der Waals surface area contributed by atoms with Gasteiger partial charge in [0.2, 0.25) is 0 Å². The molecule has 1 aliphatic rings. The van der Waals surface area contributed by atoms with E-state index in [2.05, 4.69) is 39.2 Å². The van der Waals surface area contributed by atoms with Crippen LogP contribution in [-0.2, 0) is 16.6 Å². The van der Waals surface area contributed by atoms with Gasteiger partial charge in [0.05, 0.1) is 16.6 Å². The van der Waals surface area contributed by atoms with Crippen molar-refractivity contribution in [1.29, 1.82) is 0 Å². The Bertz CT molecular complexity index is 522. The predicted molar refractivity (Wildman–Crippen MR) is 86.1 cm³/mol. The van der Waals surface area contributed by atoms with E-state index >= 15 is 0 Å². The molecule has 0 saturated carbocycles. The Labute approximate surface area is 127 Å². The predicted octanol–water partition coefficient (Wildman–Crippen LogP) is 1.07. The summed E-state index contributed by atoms with van der Waals surface area (Å²) in [5, 5.41) is 2.09. The van der Waals surface area contributed by atoms with Crippen molar-refractivity contribution in [3.05, 3.63) is 34.6 Å². The number of anilines is 1. The third-order valence-corrected chi connectivity index (χ3v) is 4.35. The van der Waals surface area contributed by atoms with Gasteiger partial charge in [0, 0.05) is 30.6 Å². The van der Waals surface area contributed by atoms with Gasteiger partial charge in [0.1, 0.15) is 6.54 Å². The summed E-state index contributed by atoms with van der Waals surface area (Å²) < 4.78 is 25.3. The Hall–Kier alpha value is -1.11. The van der Waals surface area contributed by atoms with Crippen LogP contribution in [0.3, 0.4) is 0 Å². The van der Waals surface area contributed by atoms with Gasteiger partial charge >= 0.3 is 0 Å². The van der Waals surface area contributed by atoms with Crippen LogP contribution in [0.2, 0.25) is 0 Å². The molecule has 0 bridgehead atoms. The number of piperidine rings is 1. The second-order valence-electron chi connectivity index (χ2n) is 5.58. The van der Waals surface area contributed by atoms with Crippen LogP contribution in [0.5, 0.6) is 0 Å². The average molecular weight is 311 g/mol. The molecule has 2 rings (SSSR count). The fourth-order valence-electron chi connectivity index (χ4n) is 2.57. The maximum Gasteiger partial charge on any atom is 0.101 e. The highest BCUT2D eigenvalue weighted by atomic mass is 32.2. The van der Waals surface area contributed by atoms with Gasteiger partial charge in [-0.3, -0.25) is 0 Å². The highest BCUT2D eigenvalue weighted by molar-refractivity contribution is 7.93. The van der Waals surface area contributed by atoms with E-state index in [-0.39, 0.29) is 0 Å². The number of quaternary nitrogens is 1. The van der Waals surface area contributed by atoms with Crippen molar-refractivity contribution >= 4 is 15.7 Å². The van der Waals surface area contributed by atoms with Gasteiger partial charge in [-0.2, -0.15) is 0 Å². The van der Waals surface area contributed by atoms with Crippen molar-refractivity contribution in [3.8, 4) is 0 Å². The lowest BCUT2D eigenvalue weighted by Gasteiger charge is -2.28. The number of hydrogen-bond donors (Lipinski definition) is 1. The molecule has 0 atom stereocenters. The van der Waals surface area contributed by atoms with Crippen molar-refractivity contribution in [2.75, 3.05) is 37.3 Å². The van der Waals surface area contributed by atoms with Crippen LogP contribution in [-0.4, -0.2) is 40.9 Å². The first-order valence-corrected chi connectivity index (χ1v) is 9.44. The number of nitrogens with zero attached hydrogens (tertiary/aromatic N) is 2. The normalized spacial score (nSPS) is 16.1. The van der Waals surface area contributed by atoms with Crippen molar-refractivity contribution in [2.24, 2.45) is 0 Å². The van der Waals surface area contributed by atoms with Gasteiger partial charge in [-0.15, -0.1) is 0 Å². The molecular formula is C15H25N3O2S. The van der Waals surface area contributed by atoms with Crippen molar-refractivity contribution < 1.29 is 13.7 Å². The largest absolute Gasteiger partial charge is 0.545 e. The number of benzene rings is 1. The topological polar surface area (TPSA) is 68.1 Å². The van der Waals surface area contributed by atoms with Crippen LogP contribution < -0.4 is 10.2 Å². The van der Waals surface area contributed by atoms with E-state index in [0.717, 1.165) is 12.8 Å². The summed E-state index contributed by atoms with van der Waals surface area (Å²) in [7, 11) is -3.19. The number of sulfonamides is 1. The smallest absolute Gasteiger partial charge is 0.101 e. The minimum atomic E-state index is -3.19. The minimum Gasteiger partial charge on any atom is -0.545 e. The quantitative estimate of drug-likeness (QED) is 0.766. The maximum absolute atomic E-state index is 10.9. The SMILES string of the molecule is CS(=O)(=O)[N-]CC[NH2+]Cc1ccc(N2CCCCC2)cc1. The molecule has 6 heteroatoms. The fraction of sp³-hybridized carbons (Fsp3) is 0.600. The van der Waals surface area contributed by atoms with Crippen LogP contribution in [0.1, 0.15) is 24.8 Å². The van der Waals surface area contributed by atoms with Gasteiger partial charge < -0.3 is 14.9 Å². The molecule has 118 valence electrons. The van der Waals surface area contributed by atoms with Gasteiger partial charge in [-0.25, -0.2) is 8.42 Å². The Kier molecular flexibility index (Phi) is 6.02. The van der Waals surface area contributed by atoms with Crippen LogP contribution in [0, 0.1) is 0 Å². The summed E-state index contributed by atoms with van der Waals surface area (Å²) in [4.78, 5) is 2.45. The standard InChI is InChI=1S/C15H24N3O2S/c1-21(19,20)17-10-9-16-13-14-5-7-15(8-6-14)18-11-3-2-4-12-18/h5-8,16H,2-4,9-13H2,1H3/q-1/p+1. The lowest BCUT2D eigenvalue weighted by atomic mass is 10.1. The second kappa shape index (κ2) is 7.77. The first-order valence-electron chi connectivity index (χ1n) is 7.59. The second-order valence-corrected chi connectivity index (χ2v) is 7.31. The molecule has 0 aliphatic carbocycles. The van der Waals surface area contributed by atoms with Gasteiger partial charge in [0.25, 0.3) is 0 Å². The molecule has 0 unspecified atom stereocenters. The molecule has 1 aliphatic heterocycles. The van der Waals surface area contributed by atoms with Crippen molar-refractivity contribution in [2.45, 2.75) is 25.8 Å². The molecule has 0 spiro atoms. The van der Waals surface area contributed by atoms with Gasteiger partial charge in [-0.05, 0) is 31.4 Å². The minimum absolute atomic E-state index is 0.352. The molecule has 5 nitrogen and oxygen atoms in total. The molecule has 21 heavy (non-hydrogen) atoms. The first-order chi connectivity index (χ1) is 10.0. The molecule has 1 aromatic carbocycles. The first kappa shape index (κ1) is 16.3. The van der Waals surface area contributed by atoms with Crippen LogP contribution >= 0.6 is 0 Å². The molecular weight excluding hydrogens is 286 g/mol. The van der Waals surface area contributed by atoms with E-state index < -0.39 is 10.0 Å². The zero-order chi connectivity index (χ0) is 15.1. The van der Waals surface area contributed by atoms with Crippen molar-refractivity contribution in [3.63, 3.8) is 0 Å².